The van der Waals surface area contributed by atoms with E-state index in [2.05, 4.69) is 4.90 Å². The Bertz CT molecular complexity index is 602. The van der Waals surface area contributed by atoms with Crippen LogP contribution in [0.15, 0.2) is 29.2 Å². The second-order valence-corrected chi connectivity index (χ2v) is 8.10. The van der Waals surface area contributed by atoms with Crippen LogP contribution in [0.4, 0.5) is 0 Å². The van der Waals surface area contributed by atoms with Crippen molar-refractivity contribution in [3.8, 4) is 0 Å². The van der Waals surface area contributed by atoms with Crippen LogP contribution in [-0.2, 0) is 9.59 Å². The molecule has 0 amide bonds. The third-order valence-corrected chi connectivity index (χ3v) is 6.21. The van der Waals surface area contributed by atoms with Crippen LogP contribution in [0.25, 0.3) is 0 Å². The van der Waals surface area contributed by atoms with Crippen molar-refractivity contribution in [2.24, 2.45) is 0 Å². The number of aliphatic hydroxyl groups excluding tert-OH is 1. The van der Waals surface area contributed by atoms with Crippen molar-refractivity contribution in [3.05, 3.63) is 29.3 Å². The molecule has 1 aromatic rings. The smallest absolute Gasteiger partial charge is 0.313 e. The lowest BCUT2D eigenvalue weighted by Gasteiger charge is -2.39. The molecule has 0 atom stereocenters. The maximum Gasteiger partial charge on any atom is 0.313 e. The average molecular weight is 400 g/mol. The molecular weight excluding hydrogens is 374 g/mol. The van der Waals surface area contributed by atoms with Gasteiger partial charge in [0.05, 0.1) is 17.9 Å². The summed E-state index contributed by atoms with van der Waals surface area (Å²) in [7, 11) is 0. The van der Waals surface area contributed by atoms with Crippen molar-refractivity contribution in [2.75, 3.05) is 25.4 Å². The molecule has 2 N–H and O–H groups in total. The molecular formula is C19H26ClNO4S. The van der Waals surface area contributed by atoms with E-state index in [-0.39, 0.29) is 17.9 Å². The Hall–Kier alpha value is -1.08. The molecule has 1 aliphatic carbocycles. The predicted octanol–water partition coefficient (Wildman–Crippen LogP) is 3.47. The van der Waals surface area contributed by atoms with Gasteiger partial charge in [-0.15, -0.1) is 11.8 Å². The van der Waals surface area contributed by atoms with Gasteiger partial charge in [-0.25, -0.2) is 0 Å². The summed E-state index contributed by atoms with van der Waals surface area (Å²) in [5.74, 6) is -0.303. The molecule has 2 fully saturated rings. The molecule has 3 rings (SSSR count). The standard InChI is InChI=1S/C11H19NO2.C8H7ClO2S/c13-9-8-12-7-4-10(14)11(12)5-2-1-3-6-11;9-6-1-3-7(4-2-6)12-5-8(10)11/h13H,1-9H2;1-4H,5H2,(H,10,11). The van der Waals surface area contributed by atoms with Gasteiger partial charge in [-0.1, -0.05) is 30.9 Å². The number of benzene rings is 1. The summed E-state index contributed by atoms with van der Waals surface area (Å²) in [6.07, 6.45) is 6.35. The number of halogens is 1. The first-order chi connectivity index (χ1) is 12.5. The summed E-state index contributed by atoms with van der Waals surface area (Å²) in [6, 6.07) is 7.09. The van der Waals surface area contributed by atoms with Gasteiger partial charge in [0.15, 0.2) is 5.78 Å². The average Bonchev–Trinajstić information content (AvgIpc) is 2.92. The first kappa shape index (κ1) is 21.2. The topological polar surface area (TPSA) is 77.8 Å². The van der Waals surface area contributed by atoms with E-state index in [0.717, 1.165) is 24.3 Å². The van der Waals surface area contributed by atoms with Gasteiger partial charge in [0.25, 0.3) is 0 Å². The molecule has 0 bridgehead atoms. The van der Waals surface area contributed by atoms with Crippen LogP contribution in [-0.4, -0.2) is 57.9 Å². The number of aliphatic hydroxyl groups is 1. The van der Waals surface area contributed by atoms with Crippen LogP contribution in [0.3, 0.4) is 0 Å². The van der Waals surface area contributed by atoms with E-state index in [9.17, 15) is 9.59 Å². The number of hydrogen-bond donors (Lipinski definition) is 2. The predicted molar refractivity (Wildman–Crippen MR) is 104 cm³/mol. The summed E-state index contributed by atoms with van der Waals surface area (Å²) >= 11 is 6.93. The highest BCUT2D eigenvalue weighted by atomic mass is 35.5. The Kier molecular flexibility index (Phi) is 8.41. The van der Waals surface area contributed by atoms with E-state index in [1.54, 1.807) is 24.3 Å². The van der Waals surface area contributed by atoms with Crippen LogP contribution in [0.2, 0.25) is 5.02 Å². The van der Waals surface area contributed by atoms with Gasteiger partial charge in [0.1, 0.15) is 0 Å². The molecule has 2 aliphatic rings. The van der Waals surface area contributed by atoms with Gasteiger partial charge in [-0.3, -0.25) is 14.5 Å². The van der Waals surface area contributed by atoms with Gasteiger partial charge in [-0.05, 0) is 37.1 Å². The van der Waals surface area contributed by atoms with Crippen molar-refractivity contribution in [3.63, 3.8) is 0 Å². The van der Waals surface area contributed by atoms with E-state index in [1.807, 2.05) is 0 Å². The van der Waals surface area contributed by atoms with Crippen LogP contribution in [0.1, 0.15) is 38.5 Å². The van der Waals surface area contributed by atoms with E-state index < -0.39 is 5.97 Å². The first-order valence-corrected chi connectivity index (χ1v) is 10.3. The number of carbonyl (C=O) groups excluding carboxylic acids is 1. The zero-order valence-corrected chi connectivity index (χ0v) is 16.4. The Morgan fingerprint density at radius 2 is 1.85 bits per heavy atom. The van der Waals surface area contributed by atoms with Gasteiger partial charge >= 0.3 is 5.97 Å². The zero-order valence-electron chi connectivity index (χ0n) is 14.8. The molecule has 1 saturated heterocycles. The van der Waals surface area contributed by atoms with Crippen molar-refractivity contribution in [2.45, 2.75) is 49.0 Å². The van der Waals surface area contributed by atoms with Crippen LogP contribution in [0, 0.1) is 0 Å². The number of hydrogen-bond acceptors (Lipinski definition) is 5. The summed E-state index contributed by atoms with van der Waals surface area (Å²) in [6.45, 7) is 1.71. The van der Waals surface area contributed by atoms with Gasteiger partial charge in [-0.2, -0.15) is 0 Å². The molecule has 0 aromatic heterocycles. The molecule has 1 aliphatic heterocycles. The quantitative estimate of drug-likeness (QED) is 0.738. The summed E-state index contributed by atoms with van der Waals surface area (Å²) < 4.78 is 0. The third kappa shape index (κ3) is 5.71. The lowest BCUT2D eigenvalue weighted by Crippen LogP contribution is -2.50. The SMILES string of the molecule is O=C(O)CSc1ccc(Cl)cc1.O=C1CCN(CCO)C12CCCCC2. The lowest BCUT2D eigenvalue weighted by atomic mass is 9.79. The minimum absolute atomic E-state index is 0.0850. The first-order valence-electron chi connectivity index (χ1n) is 8.97. The Balaban J connectivity index is 0.000000190. The number of aliphatic carboxylic acids is 1. The number of Topliss-reactive ketones (excluding diaryl/α,β-unsaturated/α-hetero) is 1. The molecule has 1 aromatic carbocycles. The fourth-order valence-electron chi connectivity index (χ4n) is 3.71. The van der Waals surface area contributed by atoms with Crippen LogP contribution >= 0.6 is 23.4 Å². The molecule has 1 saturated carbocycles. The minimum atomic E-state index is -0.810. The van der Waals surface area contributed by atoms with Gasteiger partial charge in [0, 0.05) is 29.4 Å². The van der Waals surface area contributed by atoms with Crippen molar-refractivity contribution >= 4 is 35.1 Å². The summed E-state index contributed by atoms with van der Waals surface area (Å²) in [4.78, 5) is 25.2. The summed E-state index contributed by atoms with van der Waals surface area (Å²) in [5, 5.41) is 18.0. The maximum absolute atomic E-state index is 11.9. The molecule has 5 nitrogen and oxygen atoms in total. The number of ketones is 1. The fraction of sp³-hybridized carbons (Fsp3) is 0.579. The number of likely N-dealkylation sites (tertiary alicyclic amines) is 1. The Labute approximate surface area is 163 Å². The number of rotatable bonds is 5. The Morgan fingerprint density at radius 1 is 1.19 bits per heavy atom. The molecule has 0 radical (unpaired) electrons. The number of nitrogens with zero attached hydrogens (tertiary/aromatic N) is 1. The second kappa shape index (κ2) is 10.3. The number of β-amino-alcohol motifs (C(OH)–C–C–N with tert-alkyl or cyclic N) is 1. The summed E-state index contributed by atoms with van der Waals surface area (Å²) in [5.41, 5.74) is -0.166. The van der Waals surface area contributed by atoms with Crippen molar-refractivity contribution < 1.29 is 19.8 Å². The normalized spacial score (nSPS) is 19.2. The molecule has 7 heteroatoms. The van der Waals surface area contributed by atoms with Crippen molar-refractivity contribution in [1.82, 2.24) is 4.90 Å². The molecule has 144 valence electrons. The third-order valence-electron chi connectivity index (χ3n) is 4.96. The Morgan fingerprint density at radius 3 is 2.42 bits per heavy atom. The molecule has 1 heterocycles. The van der Waals surface area contributed by atoms with E-state index in [1.165, 1.54) is 31.0 Å². The number of carboxylic acid groups (broad SMARTS) is 1. The highest BCUT2D eigenvalue weighted by molar-refractivity contribution is 8.00. The number of carboxylic acids is 1. The number of carbonyl (C=O) groups is 2. The lowest BCUT2D eigenvalue weighted by molar-refractivity contribution is -0.134. The molecule has 1 spiro atoms. The molecule has 26 heavy (non-hydrogen) atoms. The fourth-order valence-corrected chi connectivity index (χ4v) is 4.46. The monoisotopic (exact) mass is 399 g/mol. The van der Waals surface area contributed by atoms with Crippen LogP contribution in [0.5, 0.6) is 0 Å². The van der Waals surface area contributed by atoms with Gasteiger partial charge < -0.3 is 10.2 Å². The van der Waals surface area contributed by atoms with E-state index >= 15 is 0 Å². The molecule has 0 unspecified atom stereocenters. The second-order valence-electron chi connectivity index (χ2n) is 6.61. The largest absolute Gasteiger partial charge is 0.481 e. The highest BCUT2D eigenvalue weighted by Crippen LogP contribution is 2.38. The van der Waals surface area contributed by atoms with E-state index in [4.69, 9.17) is 21.8 Å². The maximum atomic E-state index is 11.9. The highest BCUT2D eigenvalue weighted by Gasteiger charge is 2.47. The zero-order chi connectivity index (χ0) is 19.0. The van der Waals surface area contributed by atoms with E-state index in [0.29, 0.717) is 23.8 Å². The number of thioether (sulfide) groups is 1. The van der Waals surface area contributed by atoms with Gasteiger partial charge in [0.2, 0.25) is 0 Å². The van der Waals surface area contributed by atoms with Crippen LogP contribution < -0.4 is 0 Å². The minimum Gasteiger partial charge on any atom is -0.481 e. The van der Waals surface area contributed by atoms with Crippen molar-refractivity contribution in [1.29, 1.82) is 0 Å².